The minimum Gasteiger partial charge on any atom is -0.292 e. The van der Waals surface area contributed by atoms with E-state index >= 15 is 0 Å². The summed E-state index contributed by atoms with van der Waals surface area (Å²) in [6.45, 7) is 1.68. The highest BCUT2D eigenvalue weighted by molar-refractivity contribution is 7.18. The molecule has 0 aliphatic heterocycles. The highest BCUT2D eigenvalue weighted by Gasteiger charge is 2.19. The van der Waals surface area contributed by atoms with Crippen molar-refractivity contribution in [1.82, 2.24) is 9.13 Å². The maximum atomic E-state index is 13.3. The minimum atomic E-state index is -0.630. The Labute approximate surface area is 179 Å². The number of benzene rings is 2. The van der Waals surface area contributed by atoms with Crippen LogP contribution < -0.4 is 11.2 Å². The van der Waals surface area contributed by atoms with Crippen molar-refractivity contribution in [2.24, 2.45) is 0 Å². The molecule has 0 amide bonds. The third-order valence-corrected chi connectivity index (χ3v) is 6.28. The van der Waals surface area contributed by atoms with Crippen LogP contribution in [0.5, 0.6) is 0 Å². The van der Waals surface area contributed by atoms with Gasteiger partial charge in [0.25, 0.3) is 5.56 Å². The number of fused-ring (bicyclic) bond motifs is 1. The van der Waals surface area contributed by atoms with E-state index in [0.717, 1.165) is 9.44 Å². The van der Waals surface area contributed by atoms with Gasteiger partial charge in [0.15, 0.2) is 5.78 Å². The monoisotopic (exact) mass is 442 g/mol. The fourth-order valence-corrected chi connectivity index (χ4v) is 4.49. The molecule has 2 aromatic heterocycles. The molecular formula is C22H16ClFN2O3S. The van der Waals surface area contributed by atoms with Gasteiger partial charge in [-0.2, -0.15) is 0 Å². The zero-order chi connectivity index (χ0) is 21.4. The molecular weight excluding hydrogens is 427 g/mol. The van der Waals surface area contributed by atoms with Gasteiger partial charge in [0.05, 0.1) is 17.6 Å². The van der Waals surface area contributed by atoms with Gasteiger partial charge in [0.1, 0.15) is 10.6 Å². The molecule has 152 valence electrons. The number of Topliss-reactive ketones (excluding diaryl/α,β-unsaturated/α-hetero) is 1. The summed E-state index contributed by atoms with van der Waals surface area (Å²) in [4.78, 5) is 40.6. The van der Waals surface area contributed by atoms with Crippen LogP contribution in [0.2, 0.25) is 5.02 Å². The van der Waals surface area contributed by atoms with E-state index in [1.54, 1.807) is 24.3 Å². The van der Waals surface area contributed by atoms with Crippen LogP contribution in [0, 0.1) is 5.82 Å². The molecule has 2 aromatic carbocycles. The van der Waals surface area contributed by atoms with Crippen LogP contribution in [-0.2, 0) is 13.0 Å². The zero-order valence-electron chi connectivity index (χ0n) is 15.9. The molecule has 0 fully saturated rings. The van der Waals surface area contributed by atoms with Crippen molar-refractivity contribution >= 4 is 38.9 Å². The molecule has 0 saturated carbocycles. The minimum absolute atomic E-state index is 0.272. The predicted octanol–water partition coefficient (Wildman–Crippen LogP) is 4.45. The summed E-state index contributed by atoms with van der Waals surface area (Å²) in [7, 11) is 0. The van der Waals surface area contributed by atoms with Crippen molar-refractivity contribution in [3.8, 4) is 5.69 Å². The summed E-state index contributed by atoms with van der Waals surface area (Å²) in [5.41, 5.74) is -0.482. The lowest BCUT2D eigenvalue weighted by atomic mass is 10.1. The van der Waals surface area contributed by atoms with Crippen LogP contribution in [0.25, 0.3) is 15.9 Å². The molecule has 0 bridgehead atoms. The average molecular weight is 443 g/mol. The quantitative estimate of drug-likeness (QED) is 0.429. The average Bonchev–Trinajstić information content (AvgIpc) is 3.16. The van der Waals surface area contributed by atoms with E-state index in [0.29, 0.717) is 27.3 Å². The van der Waals surface area contributed by atoms with Crippen molar-refractivity contribution < 1.29 is 9.18 Å². The number of carbonyl (C=O) groups excluding carboxylic acids is 1. The van der Waals surface area contributed by atoms with Gasteiger partial charge < -0.3 is 0 Å². The summed E-state index contributed by atoms with van der Waals surface area (Å²) >= 11 is 7.36. The Morgan fingerprint density at radius 1 is 1.10 bits per heavy atom. The molecule has 4 rings (SSSR count). The number of aromatic nitrogens is 2. The van der Waals surface area contributed by atoms with Crippen molar-refractivity contribution in [3.63, 3.8) is 0 Å². The second-order valence-electron chi connectivity index (χ2n) is 6.70. The van der Waals surface area contributed by atoms with Crippen LogP contribution in [0.1, 0.15) is 22.2 Å². The van der Waals surface area contributed by atoms with Gasteiger partial charge >= 0.3 is 5.69 Å². The molecule has 0 N–H and O–H groups in total. The summed E-state index contributed by atoms with van der Waals surface area (Å²) in [6, 6.07) is 13.3. The maximum Gasteiger partial charge on any atom is 0.337 e. The third kappa shape index (κ3) is 3.62. The van der Waals surface area contributed by atoms with E-state index in [1.165, 1.54) is 46.2 Å². The molecule has 2 heterocycles. The van der Waals surface area contributed by atoms with E-state index in [1.807, 2.05) is 6.92 Å². The SMILES string of the molecule is CCc1cc2c(=O)n(-c3cccc(Cl)c3)c(=O)n(CC(=O)c3ccc(F)cc3)c2s1. The van der Waals surface area contributed by atoms with Crippen molar-refractivity contribution in [2.45, 2.75) is 19.9 Å². The lowest BCUT2D eigenvalue weighted by Crippen LogP contribution is -2.39. The molecule has 0 aliphatic carbocycles. The molecule has 4 aromatic rings. The molecule has 0 unspecified atom stereocenters. The van der Waals surface area contributed by atoms with Crippen LogP contribution in [0.4, 0.5) is 4.39 Å². The first-order valence-corrected chi connectivity index (χ1v) is 10.4. The molecule has 0 aliphatic rings. The van der Waals surface area contributed by atoms with Crippen LogP contribution in [0.15, 0.2) is 64.2 Å². The number of aryl methyl sites for hydroxylation is 1. The second kappa shape index (κ2) is 8.01. The van der Waals surface area contributed by atoms with Crippen molar-refractivity contribution in [2.75, 3.05) is 0 Å². The Kier molecular flexibility index (Phi) is 5.40. The Balaban J connectivity index is 1.94. The summed E-state index contributed by atoms with van der Waals surface area (Å²) < 4.78 is 15.5. The molecule has 0 radical (unpaired) electrons. The first kappa shape index (κ1) is 20.3. The predicted molar refractivity (Wildman–Crippen MR) is 117 cm³/mol. The maximum absolute atomic E-state index is 13.3. The first-order chi connectivity index (χ1) is 14.4. The standard InChI is InChI=1S/C22H16ClFN2O3S/c1-2-17-11-18-20(28)26(16-5-3-4-14(23)10-16)22(29)25(21(18)30-17)12-19(27)13-6-8-15(24)9-7-13/h3-11H,2,12H2,1H3. The van der Waals surface area contributed by atoms with Gasteiger partial charge in [0, 0.05) is 15.5 Å². The highest BCUT2D eigenvalue weighted by atomic mass is 35.5. The van der Waals surface area contributed by atoms with Crippen LogP contribution in [0.3, 0.4) is 0 Å². The Hall–Kier alpha value is -3.03. The smallest absolute Gasteiger partial charge is 0.292 e. The molecule has 5 nitrogen and oxygen atoms in total. The number of halogens is 2. The summed E-state index contributed by atoms with van der Waals surface area (Å²) in [5.74, 6) is -0.812. The van der Waals surface area contributed by atoms with E-state index in [9.17, 15) is 18.8 Å². The van der Waals surface area contributed by atoms with E-state index in [4.69, 9.17) is 11.6 Å². The normalized spacial score (nSPS) is 11.2. The van der Waals surface area contributed by atoms with E-state index in [-0.39, 0.29) is 17.9 Å². The molecule has 0 saturated heterocycles. The topological polar surface area (TPSA) is 61.1 Å². The Morgan fingerprint density at radius 3 is 2.50 bits per heavy atom. The van der Waals surface area contributed by atoms with E-state index < -0.39 is 17.1 Å². The van der Waals surface area contributed by atoms with Crippen LogP contribution in [-0.4, -0.2) is 14.9 Å². The Morgan fingerprint density at radius 2 is 1.83 bits per heavy atom. The van der Waals surface area contributed by atoms with Crippen molar-refractivity contribution in [3.05, 3.63) is 96.7 Å². The van der Waals surface area contributed by atoms with Crippen molar-refractivity contribution in [1.29, 1.82) is 0 Å². The number of nitrogens with zero attached hydrogens (tertiary/aromatic N) is 2. The number of carbonyl (C=O) groups is 1. The van der Waals surface area contributed by atoms with Gasteiger partial charge in [0.2, 0.25) is 0 Å². The number of hydrogen-bond donors (Lipinski definition) is 0. The van der Waals surface area contributed by atoms with Gasteiger partial charge in [-0.1, -0.05) is 24.6 Å². The largest absolute Gasteiger partial charge is 0.337 e. The Bertz CT molecular complexity index is 1390. The third-order valence-electron chi connectivity index (χ3n) is 4.75. The summed E-state index contributed by atoms with van der Waals surface area (Å²) in [6.07, 6.45) is 0.691. The lowest BCUT2D eigenvalue weighted by molar-refractivity contribution is 0.0971. The molecule has 0 spiro atoms. The second-order valence-corrected chi connectivity index (χ2v) is 8.26. The van der Waals surface area contributed by atoms with E-state index in [2.05, 4.69) is 0 Å². The summed E-state index contributed by atoms with van der Waals surface area (Å²) in [5, 5.41) is 0.746. The molecule has 8 heteroatoms. The number of rotatable bonds is 5. The van der Waals surface area contributed by atoms with Gasteiger partial charge in [-0.3, -0.25) is 14.2 Å². The highest BCUT2D eigenvalue weighted by Crippen LogP contribution is 2.24. The molecule has 0 atom stereocenters. The van der Waals surface area contributed by atoms with Gasteiger partial charge in [-0.05, 0) is 55.0 Å². The zero-order valence-corrected chi connectivity index (χ0v) is 17.5. The van der Waals surface area contributed by atoms with Gasteiger partial charge in [-0.15, -0.1) is 11.3 Å². The van der Waals surface area contributed by atoms with Crippen LogP contribution >= 0.6 is 22.9 Å². The number of ketones is 1. The number of thiophene rings is 1. The molecule has 30 heavy (non-hydrogen) atoms. The fourth-order valence-electron chi connectivity index (χ4n) is 3.23. The first-order valence-electron chi connectivity index (χ1n) is 9.22. The van der Waals surface area contributed by atoms with Gasteiger partial charge in [-0.25, -0.2) is 13.8 Å². The fraction of sp³-hybridized carbons (Fsp3) is 0.136. The lowest BCUT2D eigenvalue weighted by Gasteiger charge is -2.12. The number of hydrogen-bond acceptors (Lipinski definition) is 4.